The number of hydrogen-bond acceptors (Lipinski definition) is 3. The largest absolute Gasteiger partial charge is 0.480 e. The summed E-state index contributed by atoms with van der Waals surface area (Å²) in [6.07, 6.45) is 3.44. The smallest absolute Gasteiger partial charge is 0.326 e. The van der Waals surface area contributed by atoms with Crippen LogP contribution in [0.1, 0.15) is 35.7 Å². The fraction of sp³-hybridized carbons (Fsp3) is 0.316. The molecule has 0 aliphatic heterocycles. The van der Waals surface area contributed by atoms with E-state index in [4.69, 9.17) is 0 Å². The molecular weight excluding hydrogens is 304 g/mol. The van der Waals surface area contributed by atoms with Crippen LogP contribution < -0.4 is 0 Å². The van der Waals surface area contributed by atoms with E-state index in [-0.39, 0.29) is 11.9 Å². The first-order chi connectivity index (χ1) is 11.5. The highest BCUT2D eigenvalue weighted by atomic mass is 16.4. The molecular formula is C19H20N2O3. The van der Waals surface area contributed by atoms with Crippen molar-refractivity contribution in [3.05, 3.63) is 53.7 Å². The predicted octanol–water partition coefficient (Wildman–Crippen LogP) is 3.13. The Morgan fingerprint density at radius 1 is 1.21 bits per heavy atom. The van der Waals surface area contributed by atoms with Crippen LogP contribution >= 0.6 is 0 Å². The minimum absolute atomic E-state index is 0.0292. The number of carboxylic acid groups (broad SMARTS) is 1. The van der Waals surface area contributed by atoms with Crippen LogP contribution in [0.25, 0.3) is 11.3 Å². The Bertz CT molecular complexity index is 769. The monoisotopic (exact) mass is 324 g/mol. The first-order valence-corrected chi connectivity index (χ1v) is 8.07. The lowest BCUT2D eigenvalue weighted by Gasteiger charge is -2.27. The molecule has 1 aromatic heterocycles. The van der Waals surface area contributed by atoms with Gasteiger partial charge in [0.1, 0.15) is 6.04 Å². The number of carboxylic acids is 1. The van der Waals surface area contributed by atoms with Gasteiger partial charge in [0.25, 0.3) is 5.91 Å². The highest BCUT2D eigenvalue weighted by molar-refractivity contribution is 5.99. The SMILES string of the molecule is Cc1c(C(=O)N(C2CC2)[C@@H](C)C(=O)O)cccc1-c1ccccn1. The molecule has 0 saturated heterocycles. The van der Waals surface area contributed by atoms with Gasteiger partial charge in [-0.05, 0) is 50.5 Å². The number of rotatable bonds is 5. The van der Waals surface area contributed by atoms with Crippen molar-refractivity contribution in [1.82, 2.24) is 9.88 Å². The number of nitrogens with zero attached hydrogens (tertiary/aromatic N) is 2. The molecule has 124 valence electrons. The summed E-state index contributed by atoms with van der Waals surface area (Å²) in [7, 11) is 0. The van der Waals surface area contributed by atoms with Crippen LogP contribution in [-0.2, 0) is 4.79 Å². The Hall–Kier alpha value is -2.69. The molecule has 0 unspecified atom stereocenters. The van der Waals surface area contributed by atoms with Crippen molar-refractivity contribution < 1.29 is 14.7 Å². The fourth-order valence-electron chi connectivity index (χ4n) is 2.94. The highest BCUT2D eigenvalue weighted by Crippen LogP contribution is 2.32. The van der Waals surface area contributed by atoms with Crippen molar-refractivity contribution >= 4 is 11.9 Å². The number of hydrogen-bond donors (Lipinski definition) is 1. The van der Waals surface area contributed by atoms with Gasteiger partial charge in [0.05, 0.1) is 5.69 Å². The lowest BCUT2D eigenvalue weighted by Crippen LogP contribution is -2.45. The predicted molar refractivity (Wildman–Crippen MR) is 90.7 cm³/mol. The Kier molecular flexibility index (Phi) is 4.34. The molecule has 1 aliphatic rings. The first-order valence-electron chi connectivity index (χ1n) is 8.07. The van der Waals surface area contributed by atoms with Crippen molar-refractivity contribution in [3.63, 3.8) is 0 Å². The number of benzene rings is 1. The van der Waals surface area contributed by atoms with Gasteiger partial charge in [-0.25, -0.2) is 4.79 Å². The average molecular weight is 324 g/mol. The van der Waals surface area contributed by atoms with Crippen molar-refractivity contribution in [2.75, 3.05) is 0 Å². The lowest BCUT2D eigenvalue weighted by molar-refractivity contribution is -0.141. The molecule has 1 atom stereocenters. The lowest BCUT2D eigenvalue weighted by atomic mass is 9.98. The van der Waals surface area contributed by atoms with Gasteiger partial charge < -0.3 is 10.0 Å². The molecule has 3 rings (SSSR count). The van der Waals surface area contributed by atoms with Gasteiger partial charge in [-0.15, -0.1) is 0 Å². The fourth-order valence-corrected chi connectivity index (χ4v) is 2.94. The molecule has 5 nitrogen and oxygen atoms in total. The summed E-state index contributed by atoms with van der Waals surface area (Å²) >= 11 is 0. The maximum absolute atomic E-state index is 13.0. The molecule has 5 heteroatoms. The van der Waals surface area contributed by atoms with Crippen molar-refractivity contribution in [2.24, 2.45) is 0 Å². The molecule has 0 radical (unpaired) electrons. The highest BCUT2D eigenvalue weighted by Gasteiger charge is 2.39. The normalized spacial score (nSPS) is 14.9. The van der Waals surface area contributed by atoms with Crippen molar-refractivity contribution in [3.8, 4) is 11.3 Å². The summed E-state index contributed by atoms with van der Waals surface area (Å²) in [5.41, 5.74) is 3.05. The minimum Gasteiger partial charge on any atom is -0.480 e. The third-order valence-corrected chi connectivity index (χ3v) is 4.45. The van der Waals surface area contributed by atoms with Crippen molar-refractivity contribution in [1.29, 1.82) is 0 Å². The maximum atomic E-state index is 13.0. The molecule has 1 heterocycles. The summed E-state index contributed by atoms with van der Waals surface area (Å²) in [5.74, 6) is -1.20. The van der Waals surface area contributed by atoms with Gasteiger partial charge in [-0.2, -0.15) is 0 Å². The van der Waals surface area contributed by atoms with Gasteiger partial charge in [0.15, 0.2) is 0 Å². The minimum atomic E-state index is -0.978. The molecule has 1 aliphatic carbocycles. The van der Waals surface area contributed by atoms with Crippen LogP contribution in [0.5, 0.6) is 0 Å². The van der Waals surface area contributed by atoms with E-state index < -0.39 is 12.0 Å². The zero-order chi connectivity index (χ0) is 17.3. The number of pyridine rings is 1. The second-order valence-corrected chi connectivity index (χ2v) is 6.15. The van der Waals surface area contributed by atoms with Crippen LogP contribution in [0.15, 0.2) is 42.6 Å². The van der Waals surface area contributed by atoms with Gasteiger partial charge in [-0.3, -0.25) is 9.78 Å². The molecule has 2 aromatic rings. The number of aliphatic carboxylic acids is 1. The second kappa shape index (κ2) is 6.43. The summed E-state index contributed by atoms with van der Waals surface area (Å²) in [6.45, 7) is 3.45. The van der Waals surface area contributed by atoms with Gasteiger partial charge >= 0.3 is 5.97 Å². The van der Waals surface area contributed by atoms with Crippen LogP contribution in [-0.4, -0.2) is 39.0 Å². The second-order valence-electron chi connectivity index (χ2n) is 6.15. The number of carbonyl (C=O) groups is 2. The van der Waals surface area contributed by atoms with E-state index in [0.29, 0.717) is 5.56 Å². The summed E-state index contributed by atoms with van der Waals surface area (Å²) in [5, 5.41) is 9.32. The number of carbonyl (C=O) groups excluding carboxylic acids is 1. The Balaban J connectivity index is 2.00. The summed E-state index contributed by atoms with van der Waals surface area (Å²) in [6, 6.07) is 10.3. The van der Waals surface area contributed by atoms with E-state index >= 15 is 0 Å². The van der Waals surface area contributed by atoms with E-state index in [1.54, 1.807) is 19.2 Å². The van der Waals surface area contributed by atoms with Gasteiger partial charge in [-0.1, -0.05) is 18.2 Å². The first kappa shape index (κ1) is 16.2. The standard InChI is InChI=1S/C19H20N2O3/c1-12-15(17-8-3-4-11-20-17)6-5-7-16(12)18(22)21(14-9-10-14)13(2)19(23)24/h3-8,11,13-14H,9-10H2,1-2H3,(H,23,24)/t13-/m0/s1. The Morgan fingerprint density at radius 3 is 2.54 bits per heavy atom. The molecule has 0 spiro atoms. The van der Waals surface area contributed by atoms with Crippen LogP contribution in [0.4, 0.5) is 0 Å². The maximum Gasteiger partial charge on any atom is 0.326 e. The number of amides is 1. The molecule has 1 N–H and O–H groups in total. The molecule has 1 fully saturated rings. The molecule has 1 amide bonds. The Labute approximate surface area is 140 Å². The molecule has 24 heavy (non-hydrogen) atoms. The van der Waals surface area contributed by atoms with Crippen LogP contribution in [0.3, 0.4) is 0 Å². The summed E-state index contributed by atoms with van der Waals surface area (Å²) < 4.78 is 0. The van der Waals surface area contributed by atoms with E-state index in [0.717, 1.165) is 29.7 Å². The number of aromatic nitrogens is 1. The average Bonchev–Trinajstić information content (AvgIpc) is 3.40. The zero-order valence-electron chi connectivity index (χ0n) is 13.8. The molecule has 0 bridgehead atoms. The van der Waals surface area contributed by atoms with E-state index in [1.165, 1.54) is 4.90 Å². The zero-order valence-corrected chi connectivity index (χ0v) is 13.8. The van der Waals surface area contributed by atoms with E-state index in [1.807, 2.05) is 37.3 Å². The Morgan fingerprint density at radius 2 is 1.96 bits per heavy atom. The van der Waals surface area contributed by atoms with E-state index in [2.05, 4.69) is 4.98 Å². The van der Waals surface area contributed by atoms with Gasteiger partial charge in [0, 0.05) is 23.4 Å². The molecule has 1 aromatic carbocycles. The van der Waals surface area contributed by atoms with Crippen molar-refractivity contribution in [2.45, 2.75) is 38.8 Å². The van der Waals surface area contributed by atoms with Crippen LogP contribution in [0.2, 0.25) is 0 Å². The third-order valence-electron chi connectivity index (χ3n) is 4.45. The third kappa shape index (κ3) is 3.02. The summed E-state index contributed by atoms with van der Waals surface area (Å²) in [4.78, 5) is 30.3. The van der Waals surface area contributed by atoms with Crippen LogP contribution in [0, 0.1) is 6.92 Å². The van der Waals surface area contributed by atoms with Gasteiger partial charge in [0.2, 0.25) is 0 Å². The quantitative estimate of drug-likeness (QED) is 0.917. The van der Waals surface area contributed by atoms with E-state index in [9.17, 15) is 14.7 Å². The topological polar surface area (TPSA) is 70.5 Å². The molecule has 1 saturated carbocycles.